The molecule has 1 aromatic carbocycles. The summed E-state index contributed by atoms with van der Waals surface area (Å²) in [7, 11) is 5.54. The average molecular weight is 358 g/mol. The van der Waals surface area contributed by atoms with E-state index in [2.05, 4.69) is 21.0 Å². The van der Waals surface area contributed by atoms with E-state index >= 15 is 0 Å². The Balaban J connectivity index is 1.90. The van der Waals surface area contributed by atoms with Crippen LogP contribution >= 0.6 is 0 Å². The van der Waals surface area contributed by atoms with E-state index in [4.69, 9.17) is 0 Å². The second-order valence-corrected chi connectivity index (χ2v) is 6.34. The van der Waals surface area contributed by atoms with E-state index in [9.17, 15) is 9.59 Å². The first-order valence-electron chi connectivity index (χ1n) is 8.42. The zero-order chi connectivity index (χ0) is 19.1. The summed E-state index contributed by atoms with van der Waals surface area (Å²) in [5.74, 6) is -0.101. The van der Waals surface area contributed by atoms with Crippen LogP contribution in [0.25, 0.3) is 0 Å². The molecule has 8 nitrogen and oxygen atoms in total. The van der Waals surface area contributed by atoms with Gasteiger partial charge in [0.15, 0.2) is 0 Å². The Morgan fingerprint density at radius 2 is 1.85 bits per heavy atom. The fraction of sp³-hybridized carbons (Fsp3) is 0.389. The lowest BCUT2D eigenvalue weighted by atomic mass is 10.1. The third-order valence-electron chi connectivity index (χ3n) is 3.91. The summed E-state index contributed by atoms with van der Waals surface area (Å²) in [4.78, 5) is 25.8. The predicted octanol–water partition coefficient (Wildman–Crippen LogP) is 1.59. The molecular formula is C18H26N6O2. The number of rotatable bonds is 7. The molecule has 0 fully saturated rings. The third-order valence-corrected chi connectivity index (χ3v) is 3.91. The second-order valence-electron chi connectivity index (χ2n) is 6.34. The molecule has 0 saturated carbocycles. The van der Waals surface area contributed by atoms with Crippen LogP contribution in [0.1, 0.15) is 11.3 Å². The predicted molar refractivity (Wildman–Crippen MR) is 102 cm³/mol. The number of nitrogens with zero attached hydrogens (tertiary/aromatic N) is 3. The minimum atomic E-state index is -0.285. The maximum atomic E-state index is 12.1. The van der Waals surface area contributed by atoms with Gasteiger partial charge in [0.25, 0.3) is 0 Å². The molecule has 0 saturated heterocycles. The van der Waals surface area contributed by atoms with E-state index in [1.165, 1.54) is 0 Å². The Morgan fingerprint density at radius 1 is 1.15 bits per heavy atom. The van der Waals surface area contributed by atoms with Crippen molar-refractivity contribution in [1.82, 2.24) is 20.0 Å². The minimum Gasteiger partial charge on any atom is -0.337 e. The van der Waals surface area contributed by atoms with Crippen LogP contribution in [0.15, 0.2) is 30.5 Å². The second kappa shape index (κ2) is 9.00. The smallest absolute Gasteiger partial charge is 0.319 e. The molecule has 3 amide bonds. The van der Waals surface area contributed by atoms with Crippen molar-refractivity contribution in [2.75, 3.05) is 37.8 Å². The van der Waals surface area contributed by atoms with Crippen LogP contribution in [0, 0.1) is 6.92 Å². The van der Waals surface area contributed by atoms with Crippen LogP contribution < -0.4 is 16.0 Å². The molecule has 0 aliphatic carbocycles. The summed E-state index contributed by atoms with van der Waals surface area (Å²) < 4.78 is 1.78. The molecule has 8 heteroatoms. The number of likely N-dealkylation sites (N-methyl/N-ethyl adjacent to an activating group) is 1. The number of benzene rings is 1. The number of carbonyl (C=O) groups excluding carboxylic acids is 2. The lowest BCUT2D eigenvalue weighted by Crippen LogP contribution is -2.31. The highest BCUT2D eigenvalue weighted by atomic mass is 16.2. The van der Waals surface area contributed by atoms with E-state index in [-0.39, 0.29) is 11.9 Å². The Kier molecular flexibility index (Phi) is 6.74. The lowest BCUT2D eigenvalue weighted by Gasteiger charge is -2.15. The van der Waals surface area contributed by atoms with Crippen molar-refractivity contribution >= 4 is 23.3 Å². The van der Waals surface area contributed by atoms with Gasteiger partial charge in [-0.2, -0.15) is 5.10 Å². The van der Waals surface area contributed by atoms with Crippen molar-refractivity contribution in [2.45, 2.75) is 13.3 Å². The van der Waals surface area contributed by atoms with Crippen LogP contribution in [-0.4, -0.2) is 53.8 Å². The topological polar surface area (TPSA) is 91.3 Å². The number of hydrogen-bond donors (Lipinski definition) is 3. The number of nitrogens with one attached hydrogen (secondary N) is 3. The highest BCUT2D eigenvalue weighted by Gasteiger charge is 2.10. The SMILES string of the molecule is Cc1c(NC(=O)CN(C)C)cccc1NC(=O)NCCc1ccnn1C. The summed E-state index contributed by atoms with van der Waals surface area (Å²) in [5.41, 5.74) is 3.20. The molecule has 3 N–H and O–H groups in total. The number of aromatic nitrogens is 2. The van der Waals surface area contributed by atoms with Gasteiger partial charge in [0.05, 0.1) is 6.54 Å². The molecule has 1 aromatic heterocycles. The number of urea groups is 1. The van der Waals surface area contributed by atoms with Gasteiger partial charge in [0.1, 0.15) is 0 Å². The number of amides is 3. The van der Waals surface area contributed by atoms with Gasteiger partial charge in [-0.25, -0.2) is 4.79 Å². The van der Waals surface area contributed by atoms with Gasteiger partial charge in [0.2, 0.25) is 5.91 Å². The van der Waals surface area contributed by atoms with Crippen molar-refractivity contribution in [3.63, 3.8) is 0 Å². The van der Waals surface area contributed by atoms with Crippen LogP contribution in [-0.2, 0) is 18.3 Å². The first kappa shape index (κ1) is 19.5. The van der Waals surface area contributed by atoms with E-state index < -0.39 is 0 Å². The van der Waals surface area contributed by atoms with E-state index in [0.29, 0.717) is 30.9 Å². The highest BCUT2D eigenvalue weighted by Crippen LogP contribution is 2.23. The van der Waals surface area contributed by atoms with Gasteiger partial charge in [0, 0.05) is 43.3 Å². The number of hydrogen-bond acceptors (Lipinski definition) is 4. The monoisotopic (exact) mass is 358 g/mol. The summed E-state index contributed by atoms with van der Waals surface area (Å²) in [6.45, 7) is 2.66. The van der Waals surface area contributed by atoms with Crippen molar-refractivity contribution < 1.29 is 9.59 Å². The summed E-state index contributed by atoms with van der Waals surface area (Å²) >= 11 is 0. The van der Waals surface area contributed by atoms with Gasteiger partial charge < -0.3 is 20.9 Å². The third kappa shape index (κ3) is 5.59. The van der Waals surface area contributed by atoms with Gasteiger partial charge in [-0.1, -0.05) is 6.07 Å². The summed E-state index contributed by atoms with van der Waals surface area (Å²) in [6, 6.07) is 7.05. The highest BCUT2D eigenvalue weighted by molar-refractivity contribution is 5.96. The Labute approximate surface area is 153 Å². The Bertz CT molecular complexity index is 769. The van der Waals surface area contributed by atoms with Gasteiger partial charge in [-0.05, 0) is 44.8 Å². The summed E-state index contributed by atoms with van der Waals surface area (Å²) in [6.07, 6.45) is 2.43. The minimum absolute atomic E-state index is 0.101. The van der Waals surface area contributed by atoms with E-state index in [1.807, 2.05) is 40.2 Å². The van der Waals surface area contributed by atoms with Gasteiger partial charge >= 0.3 is 6.03 Å². The largest absolute Gasteiger partial charge is 0.337 e. The lowest BCUT2D eigenvalue weighted by molar-refractivity contribution is -0.116. The quantitative estimate of drug-likeness (QED) is 0.701. The average Bonchev–Trinajstić information content (AvgIpc) is 2.96. The van der Waals surface area contributed by atoms with Crippen molar-refractivity contribution in [2.24, 2.45) is 7.05 Å². The molecule has 0 aliphatic heterocycles. The molecule has 0 aliphatic rings. The van der Waals surface area contributed by atoms with Crippen LogP contribution in [0.5, 0.6) is 0 Å². The van der Waals surface area contributed by atoms with Gasteiger partial charge in [-0.15, -0.1) is 0 Å². The zero-order valence-corrected chi connectivity index (χ0v) is 15.7. The van der Waals surface area contributed by atoms with E-state index in [0.717, 1.165) is 11.3 Å². The number of aryl methyl sites for hydroxylation is 1. The fourth-order valence-electron chi connectivity index (χ4n) is 2.50. The molecule has 0 atom stereocenters. The van der Waals surface area contributed by atoms with Crippen LogP contribution in [0.3, 0.4) is 0 Å². The molecule has 2 rings (SSSR count). The molecule has 0 spiro atoms. The maximum Gasteiger partial charge on any atom is 0.319 e. The van der Waals surface area contributed by atoms with Crippen LogP contribution in [0.4, 0.5) is 16.2 Å². The molecule has 0 unspecified atom stereocenters. The normalized spacial score (nSPS) is 10.7. The molecule has 0 bridgehead atoms. The van der Waals surface area contributed by atoms with Crippen molar-refractivity contribution in [3.8, 4) is 0 Å². The Hall–Kier alpha value is -2.87. The maximum absolute atomic E-state index is 12.1. The molecule has 140 valence electrons. The molecule has 1 heterocycles. The van der Waals surface area contributed by atoms with Gasteiger partial charge in [-0.3, -0.25) is 9.48 Å². The first-order chi connectivity index (χ1) is 12.4. The molecule has 2 aromatic rings. The Morgan fingerprint density at radius 3 is 2.46 bits per heavy atom. The zero-order valence-electron chi connectivity index (χ0n) is 15.7. The fourth-order valence-corrected chi connectivity index (χ4v) is 2.50. The van der Waals surface area contributed by atoms with E-state index in [1.54, 1.807) is 27.9 Å². The molecule has 0 radical (unpaired) electrons. The first-order valence-corrected chi connectivity index (χ1v) is 8.42. The molecular weight excluding hydrogens is 332 g/mol. The standard InChI is InChI=1S/C18H26N6O2/c1-13-15(21-17(25)12-23(2)3)6-5-7-16(13)22-18(26)19-10-8-14-9-11-20-24(14)4/h5-7,9,11H,8,10,12H2,1-4H3,(H,21,25)(H2,19,22,26). The summed E-state index contributed by atoms with van der Waals surface area (Å²) in [5, 5.41) is 12.6. The molecule has 26 heavy (non-hydrogen) atoms. The number of carbonyl (C=O) groups is 2. The van der Waals surface area contributed by atoms with Crippen molar-refractivity contribution in [1.29, 1.82) is 0 Å². The van der Waals surface area contributed by atoms with Crippen LogP contribution in [0.2, 0.25) is 0 Å². The van der Waals surface area contributed by atoms with Crippen molar-refractivity contribution in [3.05, 3.63) is 41.7 Å². The number of anilines is 2.